The van der Waals surface area contributed by atoms with Crippen LogP contribution in [0.15, 0.2) is 12.4 Å². The van der Waals surface area contributed by atoms with Crippen LogP contribution in [0.3, 0.4) is 0 Å². The highest BCUT2D eigenvalue weighted by Gasteiger charge is 2.14. The summed E-state index contributed by atoms with van der Waals surface area (Å²) in [5, 5.41) is 9.61. The van der Waals surface area contributed by atoms with Crippen LogP contribution in [0.2, 0.25) is 0 Å². The van der Waals surface area contributed by atoms with Crippen LogP contribution < -0.4 is 4.57 Å². The Balaban J connectivity index is 2.02. The summed E-state index contributed by atoms with van der Waals surface area (Å²) in [5.41, 5.74) is 0. The minimum atomic E-state index is -0.432. The van der Waals surface area contributed by atoms with Gasteiger partial charge in [-0.1, -0.05) is 58.3 Å². The van der Waals surface area contributed by atoms with E-state index in [0.717, 1.165) is 12.4 Å². The first-order valence-electron chi connectivity index (χ1n) is 8.91. The van der Waals surface area contributed by atoms with Gasteiger partial charge < -0.3 is 5.11 Å². The Bertz CT molecular complexity index is 371. The number of rotatable bonds is 12. The Hall–Kier alpha value is -0.830. The van der Waals surface area contributed by atoms with Crippen molar-refractivity contribution in [2.24, 2.45) is 0 Å². The third-order valence-corrected chi connectivity index (χ3v) is 4.35. The second-order valence-electron chi connectivity index (χ2n) is 6.26. The summed E-state index contributed by atoms with van der Waals surface area (Å²) in [6, 6.07) is 0. The standard InChI is InChI=1S/C18H35N2O/c1-4-5-6-7-8-9-10-11-12-13-14-19-15-16-20(17(19)2)18(3)21/h15-16,18,21H,4-14H2,1-3H3/q+1. The first-order chi connectivity index (χ1) is 10.2. The van der Waals surface area contributed by atoms with Crippen molar-refractivity contribution in [3.05, 3.63) is 18.2 Å². The summed E-state index contributed by atoms with van der Waals surface area (Å²) in [5.74, 6) is 1.14. The van der Waals surface area contributed by atoms with Crippen molar-refractivity contribution in [1.29, 1.82) is 0 Å². The Morgan fingerprint density at radius 1 is 1.00 bits per heavy atom. The zero-order chi connectivity index (χ0) is 15.5. The predicted octanol–water partition coefficient (Wildman–Crippen LogP) is 4.52. The number of aryl methyl sites for hydroxylation is 1. The maximum atomic E-state index is 9.61. The fraction of sp³-hybridized carbons (Fsp3) is 0.833. The second-order valence-corrected chi connectivity index (χ2v) is 6.26. The Morgan fingerprint density at radius 3 is 2.00 bits per heavy atom. The van der Waals surface area contributed by atoms with Gasteiger partial charge in [0.15, 0.2) is 6.23 Å². The number of unbranched alkanes of at least 4 members (excludes halogenated alkanes) is 9. The minimum absolute atomic E-state index is 0.432. The maximum Gasteiger partial charge on any atom is 0.255 e. The molecule has 1 aromatic heterocycles. The SMILES string of the molecule is CCCCCCCCCCCC[n+]1ccn(C(C)O)c1C. The van der Waals surface area contributed by atoms with E-state index >= 15 is 0 Å². The van der Waals surface area contributed by atoms with Gasteiger partial charge in [0, 0.05) is 13.8 Å². The van der Waals surface area contributed by atoms with Crippen molar-refractivity contribution in [2.75, 3.05) is 0 Å². The number of aliphatic hydroxyl groups is 1. The largest absolute Gasteiger partial charge is 0.355 e. The lowest BCUT2D eigenvalue weighted by molar-refractivity contribution is -0.703. The molecule has 0 bridgehead atoms. The molecule has 0 saturated carbocycles. The third-order valence-electron chi connectivity index (χ3n) is 4.35. The highest BCUT2D eigenvalue weighted by Crippen LogP contribution is 2.10. The first kappa shape index (κ1) is 18.2. The highest BCUT2D eigenvalue weighted by atomic mass is 16.3. The van der Waals surface area contributed by atoms with Crippen molar-refractivity contribution in [3.8, 4) is 0 Å². The molecule has 1 N–H and O–H groups in total. The molecule has 0 spiro atoms. The molecular weight excluding hydrogens is 260 g/mol. The van der Waals surface area contributed by atoms with Crippen LogP contribution in [0, 0.1) is 6.92 Å². The number of hydrogen-bond donors (Lipinski definition) is 1. The van der Waals surface area contributed by atoms with Gasteiger partial charge in [-0.05, 0) is 12.8 Å². The molecule has 1 aromatic rings. The Kier molecular flexibility index (Phi) is 9.40. The lowest BCUT2D eigenvalue weighted by Crippen LogP contribution is -2.35. The van der Waals surface area contributed by atoms with E-state index in [1.165, 1.54) is 64.2 Å². The monoisotopic (exact) mass is 295 g/mol. The van der Waals surface area contributed by atoms with E-state index in [1.54, 1.807) is 6.92 Å². The molecule has 1 unspecified atom stereocenters. The van der Waals surface area contributed by atoms with Crippen molar-refractivity contribution in [1.82, 2.24) is 4.57 Å². The first-order valence-corrected chi connectivity index (χ1v) is 8.91. The molecule has 0 aromatic carbocycles. The van der Waals surface area contributed by atoms with Gasteiger partial charge in [-0.2, -0.15) is 0 Å². The third kappa shape index (κ3) is 7.12. The molecule has 21 heavy (non-hydrogen) atoms. The molecule has 122 valence electrons. The van der Waals surface area contributed by atoms with E-state index in [2.05, 4.69) is 24.6 Å². The van der Waals surface area contributed by atoms with Gasteiger partial charge in [-0.3, -0.25) is 0 Å². The molecule has 0 fully saturated rings. The van der Waals surface area contributed by atoms with Crippen LogP contribution in [0.25, 0.3) is 0 Å². The van der Waals surface area contributed by atoms with Crippen LogP contribution in [0.5, 0.6) is 0 Å². The molecule has 0 amide bonds. The van der Waals surface area contributed by atoms with Crippen molar-refractivity contribution < 1.29 is 9.67 Å². The Labute approximate surface area is 131 Å². The summed E-state index contributed by atoms with van der Waals surface area (Å²) in [4.78, 5) is 0. The fourth-order valence-electron chi connectivity index (χ4n) is 2.92. The van der Waals surface area contributed by atoms with E-state index in [9.17, 15) is 5.11 Å². The smallest absolute Gasteiger partial charge is 0.255 e. The zero-order valence-electron chi connectivity index (χ0n) is 14.4. The number of imidazole rings is 1. The number of hydrogen-bond acceptors (Lipinski definition) is 1. The highest BCUT2D eigenvalue weighted by molar-refractivity contribution is 4.80. The predicted molar refractivity (Wildman–Crippen MR) is 88.1 cm³/mol. The molecule has 0 aliphatic rings. The average Bonchev–Trinajstić information content (AvgIpc) is 2.82. The van der Waals surface area contributed by atoms with E-state index in [1.807, 2.05) is 10.8 Å². The van der Waals surface area contributed by atoms with Gasteiger partial charge >= 0.3 is 0 Å². The molecule has 1 heterocycles. The van der Waals surface area contributed by atoms with Gasteiger partial charge in [0.05, 0.1) is 6.54 Å². The maximum absolute atomic E-state index is 9.61. The molecule has 3 nitrogen and oxygen atoms in total. The average molecular weight is 295 g/mol. The normalized spacial score (nSPS) is 12.8. The summed E-state index contributed by atoms with van der Waals surface area (Å²) in [6.07, 6.45) is 17.4. The molecule has 0 saturated heterocycles. The quantitative estimate of drug-likeness (QED) is 0.446. The number of nitrogens with zero attached hydrogens (tertiary/aromatic N) is 2. The van der Waals surface area contributed by atoms with Crippen LogP contribution >= 0.6 is 0 Å². The Morgan fingerprint density at radius 2 is 1.52 bits per heavy atom. The lowest BCUT2D eigenvalue weighted by atomic mass is 10.1. The summed E-state index contributed by atoms with van der Waals surface area (Å²) >= 11 is 0. The van der Waals surface area contributed by atoms with Crippen LogP contribution in [0.4, 0.5) is 0 Å². The topological polar surface area (TPSA) is 29.0 Å². The van der Waals surface area contributed by atoms with E-state index in [4.69, 9.17) is 0 Å². The molecule has 0 aliphatic carbocycles. The van der Waals surface area contributed by atoms with Crippen molar-refractivity contribution in [3.63, 3.8) is 0 Å². The summed E-state index contributed by atoms with van der Waals surface area (Å²) in [6.45, 7) is 7.22. The van der Waals surface area contributed by atoms with Crippen LogP contribution in [0.1, 0.15) is 90.1 Å². The van der Waals surface area contributed by atoms with Gasteiger partial charge in [0.1, 0.15) is 12.4 Å². The fourth-order valence-corrected chi connectivity index (χ4v) is 2.92. The summed E-state index contributed by atoms with van der Waals surface area (Å²) in [7, 11) is 0. The molecule has 1 rings (SSSR count). The zero-order valence-corrected chi connectivity index (χ0v) is 14.4. The molecular formula is C18H35N2O+. The molecule has 3 heteroatoms. The number of aliphatic hydroxyl groups excluding tert-OH is 1. The van der Waals surface area contributed by atoms with Crippen LogP contribution in [-0.2, 0) is 6.54 Å². The van der Waals surface area contributed by atoms with E-state index < -0.39 is 6.23 Å². The van der Waals surface area contributed by atoms with E-state index in [0.29, 0.717) is 0 Å². The second kappa shape index (κ2) is 10.8. The van der Waals surface area contributed by atoms with Crippen LogP contribution in [-0.4, -0.2) is 9.67 Å². The van der Waals surface area contributed by atoms with E-state index in [-0.39, 0.29) is 0 Å². The van der Waals surface area contributed by atoms with Crippen molar-refractivity contribution >= 4 is 0 Å². The van der Waals surface area contributed by atoms with Gasteiger partial charge in [-0.25, -0.2) is 9.13 Å². The van der Waals surface area contributed by atoms with Gasteiger partial charge in [-0.15, -0.1) is 0 Å². The summed E-state index contributed by atoms with van der Waals surface area (Å²) < 4.78 is 4.16. The minimum Gasteiger partial charge on any atom is -0.355 e. The molecule has 0 radical (unpaired) electrons. The van der Waals surface area contributed by atoms with Gasteiger partial charge in [0.25, 0.3) is 5.82 Å². The number of aromatic nitrogens is 2. The molecule has 1 atom stereocenters. The lowest BCUT2D eigenvalue weighted by Gasteiger charge is -2.04. The van der Waals surface area contributed by atoms with Gasteiger partial charge in [0.2, 0.25) is 0 Å². The molecule has 0 aliphatic heterocycles. The van der Waals surface area contributed by atoms with Crippen molar-refractivity contribution in [2.45, 2.75) is 97.8 Å².